The van der Waals surface area contributed by atoms with E-state index in [1.54, 1.807) is 5.51 Å². The Hall–Kier alpha value is -2.40. The van der Waals surface area contributed by atoms with Gasteiger partial charge in [0, 0.05) is 4.91 Å². The molecule has 0 spiro atoms. The van der Waals surface area contributed by atoms with Crippen LogP contribution in [0.4, 0.5) is 5.13 Å². The van der Waals surface area contributed by atoms with Crippen molar-refractivity contribution in [2.24, 2.45) is 5.16 Å². The van der Waals surface area contributed by atoms with Crippen LogP contribution in [-0.2, 0) is 14.4 Å². The molecule has 0 radical (unpaired) electrons. The largest absolute Gasteiger partial charge is 0.477 e. The lowest BCUT2D eigenvalue weighted by atomic mass is 9.86. The summed E-state index contributed by atoms with van der Waals surface area (Å²) in [6.07, 6.45) is 0.883. The van der Waals surface area contributed by atoms with Gasteiger partial charge in [-0.1, -0.05) is 51.2 Å². The molecule has 2 aliphatic rings. The lowest BCUT2D eigenvalue weighted by Gasteiger charge is -2.50. The first kappa shape index (κ1) is 23.7. The lowest BCUT2D eigenvalue weighted by Crippen LogP contribution is -2.72. The fourth-order valence-corrected chi connectivity index (χ4v) is 7.36. The van der Waals surface area contributed by atoms with Gasteiger partial charge in [0.2, 0.25) is 0 Å². The number of carbonyl (C=O) groups excluding carboxylic acids is 2. The summed E-state index contributed by atoms with van der Waals surface area (Å²) in [5, 5.41) is 32.7. The average Bonchev–Trinajstić information content (AvgIpc) is 3.41. The monoisotopic (exact) mass is 547 g/mol. The number of carbonyl (C=O) groups is 3. The second kappa shape index (κ2) is 9.84. The number of rotatable bonds is 8. The Bertz CT molecular complexity index is 1170. The first-order chi connectivity index (χ1) is 15.8. The topological polar surface area (TPSA) is 184 Å². The van der Waals surface area contributed by atoms with Crippen LogP contribution in [0.3, 0.4) is 0 Å². The molecule has 174 valence electrons. The highest BCUT2D eigenvalue weighted by atomic mass is 35.5. The average molecular weight is 548 g/mol. The van der Waals surface area contributed by atoms with E-state index in [2.05, 4.69) is 25.7 Å². The molecule has 0 aliphatic carbocycles. The third-order valence-electron chi connectivity index (χ3n) is 4.78. The Balaban J connectivity index is 1.45. The fraction of sp³-hybridized carbons (Fsp3) is 0.312. The smallest absolute Gasteiger partial charge is 0.353 e. The van der Waals surface area contributed by atoms with E-state index in [-0.39, 0.29) is 20.9 Å². The van der Waals surface area contributed by atoms with Crippen LogP contribution in [0.2, 0.25) is 4.34 Å². The second-order valence-electron chi connectivity index (χ2n) is 6.58. The number of β-lactam (4-membered cyclic amide) rings is 1. The maximum absolute atomic E-state index is 12.8. The number of nitrogens with zero attached hydrogens (tertiary/aromatic N) is 5. The van der Waals surface area contributed by atoms with Crippen molar-refractivity contribution in [1.82, 2.24) is 25.4 Å². The number of nitrogens with one attached hydrogen (secondary N) is 1. The van der Waals surface area contributed by atoms with Crippen LogP contribution in [-0.4, -0.2) is 71.1 Å². The molecule has 1 fully saturated rings. The van der Waals surface area contributed by atoms with Gasteiger partial charge in [-0.15, -0.1) is 22.0 Å². The highest BCUT2D eigenvalue weighted by molar-refractivity contribution is 8.18. The third kappa shape index (κ3) is 4.65. The molecule has 4 rings (SSSR count). The van der Waals surface area contributed by atoms with Crippen LogP contribution >= 0.6 is 57.8 Å². The van der Waals surface area contributed by atoms with Gasteiger partial charge in [0.1, 0.15) is 27.3 Å². The SMILES string of the molecule is Nc1nc(/C(=N/O)C(=O)N[C@@H]2C(=O)N3C(C(=O)O)=C(SCSc4nncs4)CC[C@H]23)c(Cl)s1. The summed E-state index contributed by atoms with van der Waals surface area (Å²) in [5.41, 5.74) is 6.49. The van der Waals surface area contributed by atoms with E-state index in [0.29, 0.717) is 22.8 Å². The van der Waals surface area contributed by atoms with Gasteiger partial charge < -0.3 is 21.4 Å². The number of allylic oxidation sites excluding steroid dienone is 1. The molecule has 4 heterocycles. The first-order valence-corrected chi connectivity index (χ1v) is 13.1. The number of thiazole rings is 1. The molecule has 2 atom stereocenters. The van der Waals surface area contributed by atoms with Gasteiger partial charge in [-0.2, -0.15) is 0 Å². The van der Waals surface area contributed by atoms with Gasteiger partial charge in [-0.3, -0.25) is 14.5 Å². The van der Waals surface area contributed by atoms with E-state index in [1.165, 1.54) is 39.8 Å². The van der Waals surface area contributed by atoms with Crippen molar-refractivity contribution in [1.29, 1.82) is 0 Å². The normalized spacial score (nSPS) is 20.5. The standard InChI is InChI=1S/C16H14ClN7O5S4/c17-11-8(21-15(18)33-11)9(23-29)12(25)20-7-5-1-2-6(10(14(27)28)24(5)13(7)26)31-4-32-16-22-19-3-30-16/h3,5,7,29H,1-2,4H2,(H2,18,21)(H,20,25)(H,27,28)/b23-9-/t5-,7+/m1/s1. The van der Waals surface area contributed by atoms with Crippen LogP contribution < -0.4 is 11.1 Å². The number of carboxylic acid groups (broad SMARTS) is 1. The molecule has 17 heteroatoms. The van der Waals surface area contributed by atoms with Gasteiger partial charge in [0.25, 0.3) is 11.8 Å². The number of carboxylic acids is 1. The molecule has 12 nitrogen and oxygen atoms in total. The molecule has 2 aliphatic heterocycles. The molecule has 0 aromatic carbocycles. The molecule has 0 saturated carbocycles. The highest BCUT2D eigenvalue weighted by Gasteiger charge is 2.53. The number of anilines is 1. The maximum Gasteiger partial charge on any atom is 0.353 e. The molecule has 2 aromatic rings. The summed E-state index contributed by atoms with van der Waals surface area (Å²) in [6.45, 7) is 0. The predicted octanol–water partition coefficient (Wildman–Crippen LogP) is 1.68. The van der Waals surface area contributed by atoms with Crippen molar-refractivity contribution in [3.8, 4) is 0 Å². The third-order valence-corrected chi connectivity index (χ3v) is 9.00. The Morgan fingerprint density at radius 2 is 2.21 bits per heavy atom. The number of halogens is 1. The van der Waals surface area contributed by atoms with Crippen molar-refractivity contribution in [2.75, 3.05) is 10.8 Å². The second-order valence-corrected chi connectivity index (χ2v) is 11.7. The minimum absolute atomic E-state index is 0.0545. The van der Waals surface area contributed by atoms with E-state index in [4.69, 9.17) is 17.3 Å². The summed E-state index contributed by atoms with van der Waals surface area (Å²) >= 11 is 11.0. The predicted molar refractivity (Wildman–Crippen MR) is 125 cm³/mol. The molecule has 1 saturated heterocycles. The number of aliphatic carboxylic acids is 1. The summed E-state index contributed by atoms with van der Waals surface area (Å²) in [7, 11) is 0. The molecule has 2 aromatic heterocycles. The van der Waals surface area contributed by atoms with Gasteiger partial charge in [-0.25, -0.2) is 9.78 Å². The van der Waals surface area contributed by atoms with E-state index < -0.39 is 35.6 Å². The number of hydrogen-bond donors (Lipinski definition) is 4. The molecule has 0 unspecified atom stereocenters. The number of fused-ring (bicyclic) bond motifs is 1. The highest BCUT2D eigenvalue weighted by Crippen LogP contribution is 2.42. The summed E-state index contributed by atoms with van der Waals surface area (Å²) in [6, 6.07) is -1.51. The van der Waals surface area contributed by atoms with Crippen molar-refractivity contribution >= 4 is 86.4 Å². The number of aromatic nitrogens is 3. The van der Waals surface area contributed by atoms with Gasteiger partial charge in [0.15, 0.2) is 15.2 Å². The fourth-order valence-electron chi connectivity index (χ4n) is 3.42. The zero-order valence-electron chi connectivity index (χ0n) is 16.3. The number of oxime groups is 1. The zero-order chi connectivity index (χ0) is 23.7. The van der Waals surface area contributed by atoms with Crippen LogP contribution in [0, 0.1) is 0 Å². The van der Waals surface area contributed by atoms with E-state index >= 15 is 0 Å². The maximum atomic E-state index is 12.8. The van der Waals surface area contributed by atoms with Crippen molar-refractivity contribution in [3.63, 3.8) is 0 Å². The van der Waals surface area contributed by atoms with Gasteiger partial charge in [-0.05, 0) is 12.8 Å². The number of nitrogens with two attached hydrogens (primary N) is 1. The minimum Gasteiger partial charge on any atom is -0.477 e. The van der Waals surface area contributed by atoms with Crippen molar-refractivity contribution in [3.05, 3.63) is 26.1 Å². The molecule has 0 bridgehead atoms. The molecular formula is C16H14ClN7O5S4. The lowest BCUT2D eigenvalue weighted by molar-refractivity contribution is -0.155. The summed E-state index contributed by atoms with van der Waals surface area (Å²) in [5.74, 6) is -2.66. The Morgan fingerprint density at radius 3 is 2.82 bits per heavy atom. The number of hydrogen-bond acceptors (Lipinski definition) is 13. The number of nitrogen functional groups attached to an aromatic ring is 1. The minimum atomic E-state index is -1.22. The Labute approximate surface area is 207 Å². The first-order valence-electron chi connectivity index (χ1n) is 9.08. The van der Waals surface area contributed by atoms with E-state index in [1.807, 2.05) is 0 Å². The van der Waals surface area contributed by atoms with Crippen LogP contribution in [0.1, 0.15) is 18.5 Å². The molecule has 33 heavy (non-hydrogen) atoms. The van der Waals surface area contributed by atoms with E-state index in [9.17, 15) is 24.7 Å². The summed E-state index contributed by atoms with van der Waals surface area (Å²) in [4.78, 5) is 43.0. The molecular weight excluding hydrogens is 534 g/mol. The van der Waals surface area contributed by atoms with Crippen LogP contribution in [0.25, 0.3) is 0 Å². The van der Waals surface area contributed by atoms with Crippen molar-refractivity contribution < 1.29 is 24.7 Å². The zero-order valence-corrected chi connectivity index (χ0v) is 20.3. The van der Waals surface area contributed by atoms with Gasteiger partial charge >= 0.3 is 5.97 Å². The van der Waals surface area contributed by atoms with Crippen LogP contribution in [0.15, 0.2) is 25.6 Å². The molecule has 2 amide bonds. The van der Waals surface area contributed by atoms with Crippen molar-refractivity contribution in [2.45, 2.75) is 29.3 Å². The number of thioether (sulfide) groups is 2. The number of amides is 2. The Kier molecular flexibility index (Phi) is 7.08. The van der Waals surface area contributed by atoms with Gasteiger partial charge in [0.05, 0.1) is 11.1 Å². The summed E-state index contributed by atoms with van der Waals surface area (Å²) < 4.78 is 0.818. The quantitative estimate of drug-likeness (QED) is 0.0940. The van der Waals surface area contributed by atoms with E-state index in [0.717, 1.165) is 15.7 Å². The Morgan fingerprint density at radius 1 is 1.42 bits per heavy atom. The van der Waals surface area contributed by atoms with Crippen LogP contribution in [0.5, 0.6) is 0 Å². The molecule has 5 N–H and O–H groups in total.